The van der Waals surface area contributed by atoms with E-state index in [-0.39, 0.29) is 22.8 Å². The van der Waals surface area contributed by atoms with Crippen molar-refractivity contribution in [3.63, 3.8) is 0 Å². The highest BCUT2D eigenvalue weighted by Crippen LogP contribution is 2.41. The highest BCUT2D eigenvalue weighted by molar-refractivity contribution is 7.92. The third-order valence-corrected chi connectivity index (χ3v) is 9.25. The molecular formula is C31H30N2O4S. The third kappa shape index (κ3) is 4.11. The Morgan fingerprint density at radius 3 is 2.39 bits per heavy atom. The number of benzene rings is 4. The summed E-state index contributed by atoms with van der Waals surface area (Å²) in [5, 5.41) is 5.22. The minimum atomic E-state index is -3.94. The number of aryl methyl sites for hydroxylation is 2. The first-order valence-corrected chi connectivity index (χ1v) is 14.3. The fraction of sp³-hybridized carbons (Fsp3) is 0.258. The molecule has 0 radical (unpaired) electrons. The quantitative estimate of drug-likeness (QED) is 0.363. The van der Waals surface area contributed by atoms with E-state index in [0.717, 1.165) is 23.8 Å². The van der Waals surface area contributed by atoms with Gasteiger partial charge in [-0.2, -0.15) is 0 Å². The molecule has 1 aliphatic heterocycles. The zero-order chi connectivity index (χ0) is 26.7. The summed E-state index contributed by atoms with van der Waals surface area (Å²) in [5.74, 6) is -0.0215. The zero-order valence-corrected chi connectivity index (χ0v) is 22.5. The second-order valence-corrected chi connectivity index (χ2v) is 12.9. The highest BCUT2D eigenvalue weighted by Gasteiger charge is 2.38. The molecule has 0 bridgehead atoms. The van der Waals surface area contributed by atoms with Crippen LogP contribution in [0.5, 0.6) is 5.75 Å². The Kier molecular flexibility index (Phi) is 5.72. The molecular weight excluding hydrogens is 496 g/mol. The summed E-state index contributed by atoms with van der Waals surface area (Å²) in [4.78, 5) is 13.8. The summed E-state index contributed by atoms with van der Waals surface area (Å²) in [6.45, 7) is 6.08. The maximum atomic E-state index is 13.8. The number of sulfonamides is 1. The van der Waals surface area contributed by atoms with E-state index in [2.05, 4.69) is 38.2 Å². The van der Waals surface area contributed by atoms with Gasteiger partial charge in [0, 0.05) is 11.1 Å². The maximum absolute atomic E-state index is 13.8. The van der Waals surface area contributed by atoms with Crippen molar-refractivity contribution in [3.8, 4) is 5.75 Å². The lowest BCUT2D eigenvalue weighted by atomic mass is 9.86. The van der Waals surface area contributed by atoms with Gasteiger partial charge in [0.05, 0.1) is 17.1 Å². The number of fused-ring (bicyclic) bond motifs is 1. The Hall–Kier alpha value is -3.84. The number of ether oxygens (including phenoxy) is 1. The molecule has 1 N–H and O–H groups in total. The summed E-state index contributed by atoms with van der Waals surface area (Å²) in [6, 6.07) is 24.0. The van der Waals surface area contributed by atoms with Gasteiger partial charge in [-0.25, -0.2) is 8.42 Å². The fourth-order valence-electron chi connectivity index (χ4n) is 5.37. The monoisotopic (exact) mass is 526 g/mol. The van der Waals surface area contributed by atoms with E-state index >= 15 is 0 Å². The molecule has 194 valence electrons. The predicted octanol–water partition coefficient (Wildman–Crippen LogP) is 5.83. The smallest absolute Gasteiger partial charge is 0.267 e. The average molecular weight is 527 g/mol. The van der Waals surface area contributed by atoms with Crippen LogP contribution < -0.4 is 14.4 Å². The molecule has 0 spiro atoms. The molecule has 1 atom stereocenters. The highest BCUT2D eigenvalue weighted by atomic mass is 32.2. The summed E-state index contributed by atoms with van der Waals surface area (Å²) in [6.07, 6.45) is 0.967. The van der Waals surface area contributed by atoms with Gasteiger partial charge in [0.2, 0.25) is 0 Å². The molecule has 0 aromatic heterocycles. The summed E-state index contributed by atoms with van der Waals surface area (Å²) in [7, 11) is -3.94. The molecule has 38 heavy (non-hydrogen) atoms. The standard InChI is InChI=1S/C31H30N2O4S/c1-31(2,3)22-15-17-27-26(18-22)33(38(35,36)23-9-5-4-6-10-23)19-28(37-27)30(34)32-25-16-14-21-13-12-20-8-7-11-24(25)29(20)21/h4-11,14-18,28H,12-13,19H2,1-3H3,(H,32,34)/t28-/m0/s1. The van der Waals surface area contributed by atoms with E-state index in [1.54, 1.807) is 36.4 Å². The first-order chi connectivity index (χ1) is 18.1. The third-order valence-electron chi connectivity index (χ3n) is 7.45. The minimum Gasteiger partial charge on any atom is -0.476 e. The van der Waals surface area contributed by atoms with Crippen molar-refractivity contribution in [1.82, 2.24) is 0 Å². The number of anilines is 2. The van der Waals surface area contributed by atoms with Gasteiger partial charge in [0.25, 0.3) is 15.9 Å². The van der Waals surface area contributed by atoms with Crippen LogP contribution in [0.4, 0.5) is 11.4 Å². The first kappa shape index (κ1) is 24.5. The predicted molar refractivity (Wildman–Crippen MR) is 151 cm³/mol. The number of rotatable bonds is 4. The Morgan fingerprint density at radius 2 is 1.66 bits per heavy atom. The number of amides is 1. The van der Waals surface area contributed by atoms with Crippen LogP contribution in [0.2, 0.25) is 0 Å². The van der Waals surface area contributed by atoms with Gasteiger partial charge in [-0.3, -0.25) is 9.10 Å². The zero-order valence-electron chi connectivity index (χ0n) is 21.7. The maximum Gasteiger partial charge on any atom is 0.267 e. The van der Waals surface area contributed by atoms with Crippen LogP contribution in [0.25, 0.3) is 10.8 Å². The summed E-state index contributed by atoms with van der Waals surface area (Å²) >= 11 is 0. The average Bonchev–Trinajstić information content (AvgIpc) is 3.33. The van der Waals surface area contributed by atoms with E-state index < -0.39 is 16.1 Å². The molecule has 2 aliphatic rings. The summed E-state index contributed by atoms with van der Waals surface area (Å²) in [5.41, 5.74) is 4.49. The SMILES string of the molecule is CC(C)(C)c1ccc2c(c1)N(S(=O)(=O)c1ccccc1)C[C@@H](C(=O)Nc1ccc3c4c(cccc14)CC3)O2. The lowest BCUT2D eigenvalue weighted by Crippen LogP contribution is -2.49. The van der Waals surface area contributed by atoms with Crippen molar-refractivity contribution < 1.29 is 17.9 Å². The van der Waals surface area contributed by atoms with E-state index in [1.807, 2.05) is 30.3 Å². The van der Waals surface area contributed by atoms with Crippen molar-refractivity contribution in [2.45, 2.75) is 50.0 Å². The van der Waals surface area contributed by atoms with Crippen molar-refractivity contribution in [3.05, 3.63) is 95.6 Å². The van der Waals surface area contributed by atoms with Crippen molar-refractivity contribution in [1.29, 1.82) is 0 Å². The van der Waals surface area contributed by atoms with E-state index in [1.165, 1.54) is 20.8 Å². The molecule has 0 unspecified atom stereocenters. The van der Waals surface area contributed by atoms with Crippen LogP contribution in [0.15, 0.2) is 83.8 Å². The van der Waals surface area contributed by atoms with Gasteiger partial charge < -0.3 is 10.1 Å². The van der Waals surface area contributed by atoms with Gasteiger partial charge >= 0.3 is 0 Å². The second kappa shape index (κ2) is 8.88. The van der Waals surface area contributed by atoms with E-state index in [9.17, 15) is 13.2 Å². The Labute approximate surface area is 223 Å². The molecule has 1 aliphatic carbocycles. The van der Waals surface area contributed by atoms with Crippen LogP contribution in [0.1, 0.15) is 37.5 Å². The fourth-order valence-corrected chi connectivity index (χ4v) is 6.86. The van der Waals surface area contributed by atoms with Gasteiger partial charge in [-0.15, -0.1) is 0 Å². The topological polar surface area (TPSA) is 75.7 Å². The number of carbonyl (C=O) groups excluding carboxylic acids is 1. The van der Waals surface area contributed by atoms with Crippen LogP contribution in [0, 0.1) is 0 Å². The van der Waals surface area contributed by atoms with E-state index in [4.69, 9.17) is 4.74 Å². The Morgan fingerprint density at radius 1 is 0.921 bits per heavy atom. The molecule has 4 aromatic carbocycles. The number of hydrogen-bond donors (Lipinski definition) is 1. The molecule has 0 fully saturated rings. The van der Waals surface area contributed by atoms with Crippen molar-refractivity contribution in [2.24, 2.45) is 0 Å². The van der Waals surface area contributed by atoms with Crippen LogP contribution in [-0.4, -0.2) is 27.0 Å². The van der Waals surface area contributed by atoms with Crippen LogP contribution in [0.3, 0.4) is 0 Å². The Balaban J connectivity index is 1.38. The molecule has 1 heterocycles. The molecule has 1 amide bonds. The molecule has 4 aromatic rings. The molecule has 6 rings (SSSR count). The second-order valence-electron chi connectivity index (χ2n) is 11.0. The normalized spacial score (nSPS) is 16.7. The van der Waals surface area contributed by atoms with Crippen LogP contribution in [-0.2, 0) is 33.1 Å². The molecule has 6 nitrogen and oxygen atoms in total. The molecule has 7 heteroatoms. The van der Waals surface area contributed by atoms with Gasteiger partial charge in [-0.1, -0.05) is 69.3 Å². The lowest BCUT2D eigenvalue weighted by Gasteiger charge is -2.36. The molecule has 0 saturated carbocycles. The largest absolute Gasteiger partial charge is 0.476 e. The number of nitrogens with zero attached hydrogens (tertiary/aromatic N) is 1. The van der Waals surface area contributed by atoms with Crippen molar-refractivity contribution in [2.75, 3.05) is 16.2 Å². The number of carbonyl (C=O) groups is 1. The summed E-state index contributed by atoms with van der Waals surface area (Å²) < 4.78 is 35.1. The van der Waals surface area contributed by atoms with Crippen LogP contribution >= 0.6 is 0 Å². The van der Waals surface area contributed by atoms with Gasteiger partial charge in [0.1, 0.15) is 5.75 Å². The van der Waals surface area contributed by atoms with E-state index in [0.29, 0.717) is 17.1 Å². The van der Waals surface area contributed by atoms with Gasteiger partial charge in [0.15, 0.2) is 6.10 Å². The molecule has 0 saturated heterocycles. The first-order valence-electron chi connectivity index (χ1n) is 12.9. The Bertz CT molecular complexity index is 1660. The lowest BCUT2D eigenvalue weighted by molar-refractivity contribution is -0.122. The number of nitrogens with one attached hydrogen (secondary N) is 1. The number of hydrogen-bond acceptors (Lipinski definition) is 4. The van der Waals surface area contributed by atoms with Crippen molar-refractivity contribution >= 4 is 38.1 Å². The minimum absolute atomic E-state index is 0.134. The van der Waals surface area contributed by atoms with Gasteiger partial charge in [-0.05, 0) is 70.7 Å².